The summed E-state index contributed by atoms with van der Waals surface area (Å²) in [6, 6.07) is 20.2. The average Bonchev–Trinajstić information content (AvgIpc) is 2.48. The van der Waals surface area contributed by atoms with Gasteiger partial charge in [-0.05, 0) is 25.1 Å². The van der Waals surface area contributed by atoms with Crippen molar-refractivity contribution in [1.29, 1.82) is 0 Å². The van der Waals surface area contributed by atoms with Gasteiger partial charge in [-0.25, -0.2) is 0 Å². The van der Waals surface area contributed by atoms with Crippen molar-refractivity contribution in [3.05, 3.63) is 71.8 Å². The zero-order valence-electron chi connectivity index (χ0n) is 12.6. The summed E-state index contributed by atoms with van der Waals surface area (Å²) in [5.41, 5.74) is 2.33. The summed E-state index contributed by atoms with van der Waals surface area (Å²) in [4.78, 5) is 14.1. The minimum atomic E-state index is 0.0313. The fourth-order valence-electron chi connectivity index (χ4n) is 2.31. The fraction of sp³-hybridized carbons (Fsp3) is 0.278. The van der Waals surface area contributed by atoms with Crippen LogP contribution in [-0.4, -0.2) is 24.4 Å². The van der Waals surface area contributed by atoms with Gasteiger partial charge >= 0.3 is 0 Å². The SMILES string of the molecule is C[C@@H](NC(=O)CN(C)Cc1ccccc1)c1ccccc1. The van der Waals surface area contributed by atoms with Crippen LogP contribution in [0.4, 0.5) is 0 Å². The normalized spacial score (nSPS) is 12.1. The molecule has 1 amide bonds. The second-order valence-electron chi connectivity index (χ2n) is 5.36. The van der Waals surface area contributed by atoms with Gasteiger partial charge in [-0.2, -0.15) is 0 Å². The van der Waals surface area contributed by atoms with Crippen LogP contribution in [0.15, 0.2) is 60.7 Å². The van der Waals surface area contributed by atoms with Crippen molar-refractivity contribution < 1.29 is 4.79 Å². The number of amides is 1. The third kappa shape index (κ3) is 5.04. The van der Waals surface area contributed by atoms with Crippen LogP contribution >= 0.6 is 0 Å². The predicted molar refractivity (Wildman–Crippen MR) is 85.8 cm³/mol. The summed E-state index contributed by atoms with van der Waals surface area (Å²) in [6.07, 6.45) is 0. The van der Waals surface area contributed by atoms with E-state index in [2.05, 4.69) is 17.4 Å². The van der Waals surface area contributed by atoms with Gasteiger partial charge in [-0.1, -0.05) is 60.7 Å². The molecule has 0 saturated carbocycles. The molecule has 0 bridgehead atoms. The smallest absolute Gasteiger partial charge is 0.234 e. The Morgan fingerprint density at radius 1 is 1.05 bits per heavy atom. The monoisotopic (exact) mass is 282 g/mol. The van der Waals surface area contributed by atoms with E-state index in [1.54, 1.807) is 0 Å². The second-order valence-corrected chi connectivity index (χ2v) is 5.36. The van der Waals surface area contributed by atoms with Gasteiger partial charge in [0.05, 0.1) is 12.6 Å². The summed E-state index contributed by atoms with van der Waals surface area (Å²) in [5.74, 6) is 0.0461. The Balaban J connectivity index is 1.81. The summed E-state index contributed by atoms with van der Waals surface area (Å²) in [5, 5.41) is 3.03. The van der Waals surface area contributed by atoms with Crippen molar-refractivity contribution in [3.8, 4) is 0 Å². The van der Waals surface area contributed by atoms with E-state index < -0.39 is 0 Å². The molecular formula is C18H22N2O. The van der Waals surface area contributed by atoms with Crippen LogP contribution in [0.1, 0.15) is 24.1 Å². The van der Waals surface area contributed by atoms with Crippen LogP contribution in [0.3, 0.4) is 0 Å². The highest BCUT2D eigenvalue weighted by Gasteiger charge is 2.11. The Hall–Kier alpha value is -2.13. The molecule has 2 rings (SSSR count). The van der Waals surface area contributed by atoms with Gasteiger partial charge in [0.25, 0.3) is 0 Å². The van der Waals surface area contributed by atoms with Crippen LogP contribution in [-0.2, 0) is 11.3 Å². The van der Waals surface area contributed by atoms with E-state index in [1.165, 1.54) is 5.56 Å². The predicted octanol–water partition coefficient (Wildman–Crippen LogP) is 3.00. The summed E-state index contributed by atoms with van der Waals surface area (Å²) >= 11 is 0. The minimum absolute atomic E-state index is 0.0313. The van der Waals surface area contributed by atoms with Gasteiger partial charge in [0.2, 0.25) is 5.91 Å². The molecule has 2 aromatic rings. The molecule has 21 heavy (non-hydrogen) atoms. The molecule has 0 aliphatic rings. The Labute approximate surface area is 126 Å². The van der Waals surface area contributed by atoms with Gasteiger partial charge in [-0.3, -0.25) is 9.69 Å². The first-order valence-corrected chi connectivity index (χ1v) is 7.22. The molecule has 0 aliphatic heterocycles. The zero-order chi connectivity index (χ0) is 15.1. The molecule has 3 nitrogen and oxygen atoms in total. The molecule has 2 aromatic carbocycles. The number of nitrogens with zero attached hydrogens (tertiary/aromatic N) is 1. The van der Waals surface area contributed by atoms with E-state index in [1.807, 2.05) is 67.4 Å². The van der Waals surface area contributed by atoms with Crippen molar-refractivity contribution in [1.82, 2.24) is 10.2 Å². The lowest BCUT2D eigenvalue weighted by Crippen LogP contribution is -2.36. The van der Waals surface area contributed by atoms with Crippen LogP contribution in [0.2, 0.25) is 0 Å². The molecule has 0 fully saturated rings. The molecule has 0 spiro atoms. The summed E-state index contributed by atoms with van der Waals surface area (Å²) in [6.45, 7) is 3.17. The van der Waals surface area contributed by atoms with Crippen LogP contribution in [0.25, 0.3) is 0 Å². The third-order valence-electron chi connectivity index (χ3n) is 3.39. The zero-order valence-corrected chi connectivity index (χ0v) is 12.6. The minimum Gasteiger partial charge on any atom is -0.348 e. The van der Waals surface area contributed by atoms with Crippen LogP contribution < -0.4 is 5.32 Å². The van der Waals surface area contributed by atoms with E-state index in [4.69, 9.17) is 0 Å². The Bertz CT molecular complexity index is 554. The molecule has 0 unspecified atom stereocenters. The Kier molecular flexibility index (Phi) is 5.52. The van der Waals surface area contributed by atoms with Crippen LogP contribution in [0, 0.1) is 0 Å². The first-order valence-electron chi connectivity index (χ1n) is 7.22. The lowest BCUT2D eigenvalue weighted by atomic mass is 10.1. The highest BCUT2D eigenvalue weighted by atomic mass is 16.2. The average molecular weight is 282 g/mol. The molecule has 1 atom stereocenters. The molecule has 0 heterocycles. The molecule has 0 radical (unpaired) electrons. The van der Waals surface area contributed by atoms with E-state index in [0.717, 1.165) is 12.1 Å². The highest BCUT2D eigenvalue weighted by molar-refractivity contribution is 5.78. The van der Waals surface area contributed by atoms with E-state index in [-0.39, 0.29) is 11.9 Å². The van der Waals surface area contributed by atoms with Crippen molar-refractivity contribution in [2.24, 2.45) is 0 Å². The largest absolute Gasteiger partial charge is 0.348 e. The van der Waals surface area contributed by atoms with Crippen molar-refractivity contribution in [2.75, 3.05) is 13.6 Å². The van der Waals surface area contributed by atoms with E-state index >= 15 is 0 Å². The maximum Gasteiger partial charge on any atom is 0.234 e. The number of benzene rings is 2. The number of carbonyl (C=O) groups is 1. The maximum atomic E-state index is 12.1. The number of carbonyl (C=O) groups excluding carboxylic acids is 1. The van der Waals surface area contributed by atoms with Gasteiger partial charge < -0.3 is 5.32 Å². The number of nitrogens with one attached hydrogen (secondary N) is 1. The quantitative estimate of drug-likeness (QED) is 0.883. The first-order chi connectivity index (χ1) is 10.1. The summed E-state index contributed by atoms with van der Waals surface area (Å²) in [7, 11) is 1.96. The standard InChI is InChI=1S/C18H22N2O/c1-15(17-11-7-4-8-12-17)19-18(21)14-20(2)13-16-9-5-3-6-10-16/h3-12,15H,13-14H2,1-2H3,(H,19,21)/t15-/m1/s1. The van der Waals surface area contributed by atoms with Crippen molar-refractivity contribution in [2.45, 2.75) is 19.5 Å². The first kappa shape index (κ1) is 15.3. The number of rotatable bonds is 6. The molecule has 1 N–H and O–H groups in total. The molecular weight excluding hydrogens is 260 g/mol. The molecule has 0 saturated heterocycles. The van der Waals surface area contributed by atoms with E-state index in [0.29, 0.717) is 6.54 Å². The lowest BCUT2D eigenvalue weighted by Gasteiger charge is -2.19. The molecule has 110 valence electrons. The van der Waals surface area contributed by atoms with Gasteiger partial charge in [0, 0.05) is 6.54 Å². The number of hydrogen-bond acceptors (Lipinski definition) is 2. The number of likely N-dealkylation sites (N-methyl/N-ethyl adjacent to an activating group) is 1. The van der Waals surface area contributed by atoms with Gasteiger partial charge in [0.15, 0.2) is 0 Å². The molecule has 0 aliphatic carbocycles. The van der Waals surface area contributed by atoms with Gasteiger partial charge in [0.1, 0.15) is 0 Å². The van der Waals surface area contributed by atoms with Crippen molar-refractivity contribution >= 4 is 5.91 Å². The molecule has 3 heteroatoms. The lowest BCUT2D eigenvalue weighted by molar-refractivity contribution is -0.122. The summed E-state index contributed by atoms with van der Waals surface area (Å²) < 4.78 is 0. The maximum absolute atomic E-state index is 12.1. The van der Waals surface area contributed by atoms with Crippen LogP contribution in [0.5, 0.6) is 0 Å². The fourth-order valence-corrected chi connectivity index (χ4v) is 2.31. The Morgan fingerprint density at radius 2 is 1.62 bits per heavy atom. The van der Waals surface area contributed by atoms with E-state index in [9.17, 15) is 4.79 Å². The van der Waals surface area contributed by atoms with Crippen molar-refractivity contribution in [3.63, 3.8) is 0 Å². The highest BCUT2D eigenvalue weighted by Crippen LogP contribution is 2.11. The van der Waals surface area contributed by atoms with Gasteiger partial charge in [-0.15, -0.1) is 0 Å². The third-order valence-corrected chi connectivity index (χ3v) is 3.39. The number of hydrogen-bond donors (Lipinski definition) is 1. The second kappa shape index (κ2) is 7.60. The topological polar surface area (TPSA) is 32.3 Å². The Morgan fingerprint density at radius 3 is 2.24 bits per heavy atom. The molecule has 0 aromatic heterocycles.